The van der Waals surface area contributed by atoms with Crippen molar-refractivity contribution in [3.05, 3.63) is 22.4 Å². The van der Waals surface area contributed by atoms with Crippen LogP contribution in [0.1, 0.15) is 18.5 Å². The molecular weight excluding hydrogens is 230 g/mol. The smallest absolute Gasteiger partial charge is 0.154 e. The third-order valence-corrected chi connectivity index (χ3v) is 2.50. The Morgan fingerprint density at radius 3 is 2.92 bits per heavy atom. The van der Waals surface area contributed by atoms with E-state index in [4.69, 9.17) is 5.26 Å². The Kier molecular flexibility index (Phi) is 2.19. The Morgan fingerprint density at radius 2 is 2.38 bits per heavy atom. The fraction of sp³-hybridized carbons (Fsp3) is 0.333. The number of aromatic nitrogens is 1. The van der Waals surface area contributed by atoms with Gasteiger partial charge in [-0.1, -0.05) is 0 Å². The second kappa shape index (κ2) is 3.35. The molecule has 0 saturated heterocycles. The molecule has 0 spiro atoms. The standard InChI is InChI=1S/C9H8BrN3/c10-8-3-7(13-6-1-2-6)5-12-9(8)4-11/h3,5-6,13H,1-2H2. The summed E-state index contributed by atoms with van der Waals surface area (Å²) in [5.41, 5.74) is 1.41. The van der Waals surface area contributed by atoms with Gasteiger partial charge in [-0.2, -0.15) is 5.26 Å². The first-order valence-corrected chi connectivity index (χ1v) is 4.91. The summed E-state index contributed by atoms with van der Waals surface area (Å²) in [7, 11) is 0. The highest BCUT2D eigenvalue weighted by atomic mass is 79.9. The van der Waals surface area contributed by atoms with Gasteiger partial charge in [0.25, 0.3) is 0 Å². The predicted octanol–water partition coefficient (Wildman–Crippen LogP) is 2.29. The number of hydrogen-bond acceptors (Lipinski definition) is 3. The molecule has 0 bridgehead atoms. The molecule has 1 aromatic rings. The minimum Gasteiger partial charge on any atom is -0.381 e. The third kappa shape index (κ3) is 1.99. The van der Waals surface area contributed by atoms with E-state index in [0.717, 1.165) is 10.2 Å². The summed E-state index contributed by atoms with van der Waals surface area (Å²) < 4.78 is 0.751. The lowest BCUT2D eigenvalue weighted by atomic mass is 10.3. The van der Waals surface area contributed by atoms with Crippen LogP contribution >= 0.6 is 15.9 Å². The van der Waals surface area contributed by atoms with Crippen LogP contribution in [0, 0.1) is 11.3 Å². The first-order valence-electron chi connectivity index (χ1n) is 4.12. The molecule has 1 aliphatic carbocycles. The molecule has 1 aliphatic rings. The molecule has 1 saturated carbocycles. The summed E-state index contributed by atoms with van der Waals surface area (Å²) >= 11 is 3.29. The predicted molar refractivity (Wildman–Crippen MR) is 53.3 cm³/mol. The Labute approximate surface area is 84.9 Å². The van der Waals surface area contributed by atoms with Crippen LogP contribution in [0.2, 0.25) is 0 Å². The van der Waals surface area contributed by atoms with Crippen molar-refractivity contribution in [2.45, 2.75) is 18.9 Å². The molecule has 13 heavy (non-hydrogen) atoms. The number of nitrogens with zero attached hydrogens (tertiary/aromatic N) is 2. The normalized spacial score (nSPS) is 15.1. The Bertz CT molecular complexity index is 366. The van der Waals surface area contributed by atoms with Gasteiger partial charge >= 0.3 is 0 Å². The van der Waals surface area contributed by atoms with Gasteiger partial charge in [-0.15, -0.1) is 0 Å². The number of nitrogens with one attached hydrogen (secondary N) is 1. The molecule has 0 radical (unpaired) electrons. The third-order valence-electron chi connectivity index (χ3n) is 1.90. The summed E-state index contributed by atoms with van der Waals surface area (Å²) in [4.78, 5) is 4.01. The molecule has 0 aliphatic heterocycles. The minimum absolute atomic E-state index is 0.432. The summed E-state index contributed by atoms with van der Waals surface area (Å²) in [5.74, 6) is 0. The van der Waals surface area contributed by atoms with Gasteiger partial charge in [0.1, 0.15) is 6.07 Å². The summed E-state index contributed by atoms with van der Waals surface area (Å²) in [6, 6.07) is 4.51. The van der Waals surface area contributed by atoms with Crippen molar-refractivity contribution in [3.63, 3.8) is 0 Å². The van der Waals surface area contributed by atoms with Crippen molar-refractivity contribution < 1.29 is 0 Å². The largest absolute Gasteiger partial charge is 0.381 e. The average molecular weight is 238 g/mol. The van der Waals surface area contributed by atoms with E-state index in [1.165, 1.54) is 12.8 Å². The zero-order chi connectivity index (χ0) is 9.26. The Hall–Kier alpha value is -1.08. The molecule has 0 unspecified atom stereocenters. The number of hydrogen-bond donors (Lipinski definition) is 1. The first-order chi connectivity index (χ1) is 6.29. The average Bonchev–Trinajstić information content (AvgIpc) is 2.89. The van der Waals surface area contributed by atoms with E-state index in [0.29, 0.717) is 11.7 Å². The summed E-state index contributed by atoms with van der Waals surface area (Å²) in [6.07, 6.45) is 4.16. The topological polar surface area (TPSA) is 48.7 Å². The number of nitriles is 1. The van der Waals surface area contributed by atoms with Crippen LogP contribution in [0.4, 0.5) is 5.69 Å². The highest BCUT2D eigenvalue weighted by Crippen LogP contribution is 2.26. The van der Waals surface area contributed by atoms with Gasteiger partial charge in [-0.3, -0.25) is 0 Å². The highest BCUT2D eigenvalue weighted by Gasteiger charge is 2.20. The maximum Gasteiger partial charge on any atom is 0.154 e. The lowest BCUT2D eigenvalue weighted by Crippen LogP contribution is -2.01. The molecule has 1 N–H and O–H groups in total. The fourth-order valence-corrected chi connectivity index (χ4v) is 1.50. The van der Waals surface area contributed by atoms with Gasteiger partial charge in [0.2, 0.25) is 0 Å². The number of anilines is 1. The molecule has 1 aromatic heterocycles. The lowest BCUT2D eigenvalue weighted by Gasteiger charge is -2.03. The van der Waals surface area contributed by atoms with Gasteiger partial charge < -0.3 is 5.32 Å². The van der Waals surface area contributed by atoms with Crippen molar-refractivity contribution in [2.75, 3.05) is 5.32 Å². The maximum absolute atomic E-state index is 8.64. The van der Waals surface area contributed by atoms with E-state index >= 15 is 0 Å². The van der Waals surface area contributed by atoms with E-state index < -0.39 is 0 Å². The van der Waals surface area contributed by atoms with Crippen LogP contribution in [0.25, 0.3) is 0 Å². The Morgan fingerprint density at radius 1 is 1.62 bits per heavy atom. The van der Waals surface area contributed by atoms with Crippen molar-refractivity contribution in [2.24, 2.45) is 0 Å². The van der Waals surface area contributed by atoms with Gasteiger partial charge in [0, 0.05) is 6.04 Å². The van der Waals surface area contributed by atoms with Gasteiger partial charge in [0.15, 0.2) is 5.69 Å². The first kappa shape index (κ1) is 8.52. The zero-order valence-corrected chi connectivity index (χ0v) is 8.50. The number of pyridine rings is 1. The van der Waals surface area contributed by atoms with Crippen LogP contribution in [-0.4, -0.2) is 11.0 Å². The van der Waals surface area contributed by atoms with Crippen LogP contribution in [0.15, 0.2) is 16.7 Å². The van der Waals surface area contributed by atoms with Crippen LogP contribution < -0.4 is 5.32 Å². The van der Waals surface area contributed by atoms with E-state index in [1.54, 1.807) is 6.20 Å². The van der Waals surface area contributed by atoms with Crippen molar-refractivity contribution >= 4 is 21.6 Å². The quantitative estimate of drug-likeness (QED) is 0.859. The van der Waals surface area contributed by atoms with Gasteiger partial charge in [0.05, 0.1) is 16.4 Å². The molecule has 66 valence electrons. The van der Waals surface area contributed by atoms with Crippen molar-refractivity contribution in [1.29, 1.82) is 5.26 Å². The Balaban J connectivity index is 2.19. The molecular formula is C9H8BrN3. The van der Waals surface area contributed by atoms with Gasteiger partial charge in [-0.05, 0) is 34.8 Å². The summed E-state index contributed by atoms with van der Waals surface area (Å²) in [5, 5.41) is 11.9. The van der Waals surface area contributed by atoms with Gasteiger partial charge in [-0.25, -0.2) is 4.98 Å². The van der Waals surface area contributed by atoms with Crippen LogP contribution in [-0.2, 0) is 0 Å². The van der Waals surface area contributed by atoms with Crippen molar-refractivity contribution in [3.8, 4) is 6.07 Å². The molecule has 4 heteroatoms. The summed E-state index contributed by atoms with van der Waals surface area (Å²) in [6.45, 7) is 0. The SMILES string of the molecule is N#Cc1ncc(NC2CC2)cc1Br. The van der Waals surface area contributed by atoms with Crippen LogP contribution in [0.3, 0.4) is 0 Å². The molecule has 1 fully saturated rings. The fourth-order valence-electron chi connectivity index (χ4n) is 1.06. The van der Waals surface area contributed by atoms with E-state index in [9.17, 15) is 0 Å². The number of rotatable bonds is 2. The minimum atomic E-state index is 0.432. The molecule has 0 atom stereocenters. The number of halogens is 1. The van der Waals surface area contributed by atoms with Crippen molar-refractivity contribution in [1.82, 2.24) is 4.98 Å². The second-order valence-corrected chi connectivity index (χ2v) is 3.94. The monoisotopic (exact) mass is 237 g/mol. The second-order valence-electron chi connectivity index (χ2n) is 3.08. The molecule has 2 rings (SSSR count). The lowest BCUT2D eigenvalue weighted by molar-refractivity contribution is 1.13. The molecule has 0 aromatic carbocycles. The zero-order valence-electron chi connectivity index (χ0n) is 6.92. The van der Waals surface area contributed by atoms with Crippen LogP contribution in [0.5, 0.6) is 0 Å². The molecule has 1 heterocycles. The van der Waals surface area contributed by atoms with E-state index in [2.05, 4.69) is 26.2 Å². The molecule has 0 amide bonds. The van der Waals surface area contributed by atoms with E-state index in [1.807, 2.05) is 12.1 Å². The molecule has 3 nitrogen and oxygen atoms in total. The van der Waals surface area contributed by atoms with E-state index in [-0.39, 0.29) is 0 Å². The maximum atomic E-state index is 8.64. The highest BCUT2D eigenvalue weighted by molar-refractivity contribution is 9.10.